The Labute approximate surface area is 170 Å². The first-order valence-corrected chi connectivity index (χ1v) is 10.7. The van der Waals surface area contributed by atoms with E-state index < -0.39 is 7.82 Å². The monoisotopic (exact) mass is 452 g/mol. The summed E-state index contributed by atoms with van der Waals surface area (Å²) in [6.07, 6.45) is 12.0. The molecule has 0 aliphatic heterocycles. The molecule has 3 N–H and O–H groups in total. The Morgan fingerprint density at radius 1 is 0.759 bits per heavy atom. The third kappa shape index (κ3) is 42.4. The highest BCUT2D eigenvalue weighted by Gasteiger charge is 2.00. The van der Waals surface area contributed by atoms with Crippen LogP contribution in [0.3, 0.4) is 0 Å². The zero-order valence-corrected chi connectivity index (χ0v) is 17.7. The zero-order valence-electron chi connectivity index (χ0n) is 16.8. The van der Waals surface area contributed by atoms with Crippen molar-refractivity contribution < 1.29 is 64.3 Å². The van der Waals surface area contributed by atoms with Crippen LogP contribution in [0.1, 0.15) is 71.6 Å². The van der Waals surface area contributed by atoms with Crippen LogP contribution < -0.4 is 0 Å². The molecule has 0 heterocycles. The molecule has 0 atom stereocenters. The lowest BCUT2D eigenvalue weighted by molar-refractivity contribution is -0.829. The van der Waals surface area contributed by atoms with Crippen LogP contribution in [0.2, 0.25) is 0 Å². The van der Waals surface area contributed by atoms with Crippen LogP contribution in [0, 0.1) is 5.92 Å². The van der Waals surface area contributed by atoms with E-state index in [-0.39, 0.29) is 0 Å². The van der Waals surface area contributed by atoms with Crippen molar-refractivity contribution in [3.8, 4) is 0 Å². The first kappa shape index (κ1) is 30.5. The van der Waals surface area contributed by atoms with E-state index in [1.807, 2.05) is 0 Å². The van der Waals surface area contributed by atoms with Gasteiger partial charge in [-0.25, -0.2) is 9.45 Å². The van der Waals surface area contributed by atoms with E-state index in [2.05, 4.69) is 65.5 Å². The lowest BCUT2D eigenvalue weighted by Gasteiger charge is -2.04. The molecule has 0 rings (SSSR count). The van der Waals surface area contributed by atoms with Crippen LogP contribution in [0.15, 0.2) is 12.8 Å². The van der Waals surface area contributed by atoms with Crippen molar-refractivity contribution >= 4 is 7.82 Å². The molecule has 13 nitrogen and oxygen atoms in total. The molecular weight excluding hydrogens is 419 g/mol. The van der Waals surface area contributed by atoms with Crippen molar-refractivity contribution in [2.75, 3.05) is 6.61 Å². The highest BCUT2D eigenvalue weighted by Crippen LogP contribution is 2.25. The summed E-state index contributed by atoms with van der Waals surface area (Å²) < 4.78 is 8.88. The van der Waals surface area contributed by atoms with E-state index >= 15 is 0 Å². The lowest BCUT2D eigenvalue weighted by Crippen LogP contribution is -2.02. The Hall–Kier alpha value is -0.670. The Kier molecular flexibility index (Phi) is 24.8. The molecule has 0 bridgehead atoms. The molecule has 14 heteroatoms. The normalized spacial score (nSPS) is 11.2. The van der Waals surface area contributed by atoms with Gasteiger partial charge in [0.2, 0.25) is 0 Å². The number of hydrogen-bond donors (Lipinski definition) is 3. The number of unbranched alkanes of at least 4 members (excludes halogenated alkanes) is 7. The van der Waals surface area contributed by atoms with Crippen molar-refractivity contribution in [3.63, 3.8) is 0 Å². The van der Waals surface area contributed by atoms with E-state index in [0.29, 0.717) is 6.61 Å². The molecule has 0 amide bonds. The quantitative estimate of drug-likeness (QED) is 0.0804. The standard InChI is InChI=1S/C15H30O9.H3O4P/c1-4-16-18-20-22-24-23-21-19-17-14-12-10-8-6-5-7-9-11-13-15(2)3;1-5(2,3)4/h4,15H,1,5-14H2,2-3H3;(H3,1,2,3,4). The fourth-order valence-electron chi connectivity index (χ4n) is 1.93. The summed E-state index contributed by atoms with van der Waals surface area (Å²) in [6, 6.07) is 0. The van der Waals surface area contributed by atoms with Crippen molar-refractivity contribution in [1.29, 1.82) is 0 Å². The van der Waals surface area contributed by atoms with Crippen LogP contribution in [-0.4, -0.2) is 21.3 Å². The Balaban J connectivity index is 0. The molecule has 0 aliphatic rings. The van der Waals surface area contributed by atoms with Crippen LogP contribution in [0.25, 0.3) is 0 Å². The van der Waals surface area contributed by atoms with Crippen LogP contribution in [-0.2, 0) is 49.6 Å². The Bertz CT molecular complexity index is 369. The molecule has 0 saturated carbocycles. The zero-order chi connectivity index (χ0) is 22.2. The van der Waals surface area contributed by atoms with Gasteiger partial charge in [-0.15, -0.1) is 0 Å². The first-order chi connectivity index (χ1) is 13.8. The molecule has 0 fully saturated rings. The van der Waals surface area contributed by atoms with E-state index in [4.69, 9.17) is 19.2 Å². The van der Waals surface area contributed by atoms with Gasteiger partial charge >= 0.3 is 7.82 Å². The minimum absolute atomic E-state index is 0.380. The maximum absolute atomic E-state index is 8.88. The second kappa shape index (κ2) is 23.6. The van der Waals surface area contributed by atoms with Gasteiger partial charge in [0, 0.05) is 20.2 Å². The Morgan fingerprint density at radius 2 is 1.17 bits per heavy atom. The summed E-state index contributed by atoms with van der Waals surface area (Å²) in [5.41, 5.74) is 0. The fourth-order valence-corrected chi connectivity index (χ4v) is 1.93. The van der Waals surface area contributed by atoms with Gasteiger partial charge in [-0.1, -0.05) is 71.8 Å². The summed E-state index contributed by atoms with van der Waals surface area (Å²) in [4.78, 5) is 30.3. The summed E-state index contributed by atoms with van der Waals surface area (Å²) in [6.45, 7) is 8.09. The van der Waals surface area contributed by atoms with Crippen LogP contribution in [0.4, 0.5) is 0 Å². The summed E-state index contributed by atoms with van der Waals surface area (Å²) in [5, 5.41) is 27.2. The van der Waals surface area contributed by atoms with Crippen LogP contribution in [0.5, 0.6) is 0 Å². The van der Waals surface area contributed by atoms with Crippen molar-refractivity contribution in [2.45, 2.75) is 71.6 Å². The topological polar surface area (TPSA) is 161 Å². The van der Waals surface area contributed by atoms with Crippen molar-refractivity contribution in [3.05, 3.63) is 12.8 Å². The largest absolute Gasteiger partial charge is 0.466 e. The predicted octanol–water partition coefficient (Wildman–Crippen LogP) is 3.84. The van der Waals surface area contributed by atoms with Gasteiger partial charge < -0.3 is 19.6 Å². The molecule has 0 aromatic carbocycles. The van der Waals surface area contributed by atoms with Crippen molar-refractivity contribution in [1.82, 2.24) is 0 Å². The van der Waals surface area contributed by atoms with Gasteiger partial charge in [0.05, 0.1) is 6.61 Å². The molecule has 0 aromatic heterocycles. The average molecular weight is 452 g/mol. The fraction of sp³-hybridized carbons (Fsp3) is 0.867. The average Bonchev–Trinajstić information content (AvgIpc) is 2.62. The molecule has 0 aliphatic carbocycles. The molecular formula is C15H33O13P. The molecule has 0 aromatic rings. The molecule has 0 unspecified atom stereocenters. The summed E-state index contributed by atoms with van der Waals surface area (Å²) in [7, 11) is -4.64. The Morgan fingerprint density at radius 3 is 1.66 bits per heavy atom. The molecule has 0 radical (unpaired) electrons. The predicted molar refractivity (Wildman–Crippen MR) is 95.5 cm³/mol. The van der Waals surface area contributed by atoms with Gasteiger partial charge in [-0.2, -0.15) is 0 Å². The molecule has 29 heavy (non-hydrogen) atoms. The minimum atomic E-state index is -4.64. The summed E-state index contributed by atoms with van der Waals surface area (Å²) in [5.74, 6) is 0.819. The third-order valence-corrected chi connectivity index (χ3v) is 3.08. The van der Waals surface area contributed by atoms with Gasteiger partial charge in [0.1, 0.15) is 6.26 Å². The molecule has 0 saturated heterocycles. The number of hydrogen-bond acceptors (Lipinski definition) is 10. The SMILES string of the molecule is C=COOOOOOOOOCCCCCCCCCCC(C)C.O=P(O)(O)O. The van der Waals surface area contributed by atoms with E-state index in [1.165, 1.54) is 44.9 Å². The number of rotatable bonds is 20. The van der Waals surface area contributed by atoms with Crippen molar-refractivity contribution in [2.24, 2.45) is 5.92 Å². The third-order valence-electron chi connectivity index (χ3n) is 3.08. The molecule has 176 valence electrons. The second-order valence-corrected chi connectivity index (χ2v) is 7.11. The van der Waals surface area contributed by atoms with Gasteiger partial charge in [0.15, 0.2) is 0 Å². The van der Waals surface area contributed by atoms with E-state index in [9.17, 15) is 0 Å². The molecule has 0 spiro atoms. The second-order valence-electron chi connectivity index (χ2n) is 6.09. The maximum Gasteiger partial charge on any atom is 0.466 e. The minimum Gasteiger partial charge on any atom is -0.315 e. The van der Waals surface area contributed by atoms with Crippen LogP contribution >= 0.6 is 7.82 Å². The maximum atomic E-state index is 8.88. The van der Waals surface area contributed by atoms with Gasteiger partial charge in [0.25, 0.3) is 0 Å². The highest BCUT2D eigenvalue weighted by atomic mass is 31.2. The first-order valence-electron chi connectivity index (χ1n) is 9.11. The van der Waals surface area contributed by atoms with E-state index in [1.54, 1.807) is 0 Å². The lowest BCUT2D eigenvalue weighted by atomic mass is 10.0. The highest BCUT2D eigenvalue weighted by molar-refractivity contribution is 7.45. The summed E-state index contributed by atoms with van der Waals surface area (Å²) >= 11 is 0. The van der Waals surface area contributed by atoms with Gasteiger partial charge in [-0.3, -0.25) is 0 Å². The number of phosphoric acid groups is 1. The van der Waals surface area contributed by atoms with Gasteiger partial charge in [-0.05, 0) is 27.5 Å². The van der Waals surface area contributed by atoms with E-state index in [0.717, 1.165) is 25.0 Å². The smallest absolute Gasteiger partial charge is 0.315 e.